The van der Waals surface area contributed by atoms with Crippen LogP contribution in [0.2, 0.25) is 0 Å². The molecular formula is C15H13BrO2. The molecule has 0 aromatic heterocycles. The molecule has 0 aliphatic carbocycles. The van der Waals surface area contributed by atoms with Crippen LogP contribution < -0.4 is 0 Å². The molecule has 0 saturated heterocycles. The number of benzene rings is 2. The molecule has 0 atom stereocenters. The normalized spacial score (nSPS) is 10.4. The van der Waals surface area contributed by atoms with Gasteiger partial charge < -0.3 is 5.11 Å². The fourth-order valence-corrected chi connectivity index (χ4v) is 2.41. The highest BCUT2D eigenvalue weighted by molar-refractivity contribution is 9.10. The van der Waals surface area contributed by atoms with Crippen molar-refractivity contribution in [2.24, 2.45) is 0 Å². The molecule has 0 radical (unpaired) electrons. The van der Waals surface area contributed by atoms with Crippen molar-refractivity contribution in [1.29, 1.82) is 0 Å². The predicted octanol–water partition coefficient (Wildman–Crippen LogP) is 4.43. The van der Waals surface area contributed by atoms with Gasteiger partial charge in [-0.25, -0.2) is 4.79 Å². The maximum Gasteiger partial charge on any atom is 0.336 e. The zero-order valence-electron chi connectivity index (χ0n) is 10.2. The van der Waals surface area contributed by atoms with Crippen molar-refractivity contribution in [2.75, 3.05) is 0 Å². The van der Waals surface area contributed by atoms with E-state index in [1.165, 1.54) is 5.56 Å². The van der Waals surface area contributed by atoms with E-state index in [0.717, 1.165) is 16.7 Å². The molecule has 2 nitrogen and oxygen atoms in total. The molecular weight excluding hydrogens is 292 g/mol. The summed E-state index contributed by atoms with van der Waals surface area (Å²) >= 11 is 3.25. The molecule has 0 saturated carbocycles. The Kier molecular flexibility index (Phi) is 3.53. The van der Waals surface area contributed by atoms with Crippen molar-refractivity contribution >= 4 is 21.9 Å². The van der Waals surface area contributed by atoms with Crippen LogP contribution in [0.15, 0.2) is 40.9 Å². The Balaban J connectivity index is 2.58. The third-order valence-electron chi connectivity index (χ3n) is 2.89. The first-order valence-corrected chi connectivity index (χ1v) is 6.39. The number of carboxylic acids is 1. The van der Waals surface area contributed by atoms with Crippen LogP contribution >= 0.6 is 15.9 Å². The summed E-state index contributed by atoms with van der Waals surface area (Å²) in [6.07, 6.45) is 0. The van der Waals surface area contributed by atoms with Crippen molar-refractivity contribution in [3.05, 3.63) is 57.6 Å². The third kappa shape index (κ3) is 2.46. The molecule has 18 heavy (non-hydrogen) atoms. The summed E-state index contributed by atoms with van der Waals surface area (Å²) in [6, 6.07) is 11.6. The highest BCUT2D eigenvalue weighted by atomic mass is 79.9. The zero-order valence-corrected chi connectivity index (χ0v) is 11.8. The van der Waals surface area contributed by atoms with Crippen LogP contribution in [0.25, 0.3) is 11.1 Å². The molecule has 92 valence electrons. The first-order valence-electron chi connectivity index (χ1n) is 5.59. The summed E-state index contributed by atoms with van der Waals surface area (Å²) in [5.74, 6) is -0.923. The summed E-state index contributed by atoms with van der Waals surface area (Å²) in [5.41, 5.74) is 4.62. The molecule has 1 N–H and O–H groups in total. The fraction of sp³-hybridized carbons (Fsp3) is 0.133. The van der Waals surface area contributed by atoms with Gasteiger partial charge in [0.25, 0.3) is 0 Å². The van der Waals surface area contributed by atoms with E-state index in [4.69, 9.17) is 5.11 Å². The van der Waals surface area contributed by atoms with E-state index in [0.29, 0.717) is 4.47 Å². The van der Waals surface area contributed by atoms with Gasteiger partial charge in [-0.15, -0.1) is 0 Å². The molecule has 0 aliphatic heterocycles. The average molecular weight is 305 g/mol. The van der Waals surface area contributed by atoms with Crippen molar-refractivity contribution in [3.8, 4) is 11.1 Å². The molecule has 2 aromatic carbocycles. The van der Waals surface area contributed by atoms with Gasteiger partial charge in [0.1, 0.15) is 0 Å². The molecule has 2 aromatic rings. The van der Waals surface area contributed by atoms with Gasteiger partial charge >= 0.3 is 5.97 Å². The van der Waals surface area contributed by atoms with Crippen LogP contribution in [-0.2, 0) is 0 Å². The quantitative estimate of drug-likeness (QED) is 0.891. The third-order valence-corrected chi connectivity index (χ3v) is 3.58. The Bertz CT molecular complexity index is 618. The number of rotatable bonds is 2. The lowest BCUT2D eigenvalue weighted by Crippen LogP contribution is -1.98. The van der Waals surface area contributed by atoms with Gasteiger partial charge in [0, 0.05) is 4.47 Å². The molecule has 0 aliphatic rings. The lowest BCUT2D eigenvalue weighted by molar-refractivity contribution is 0.0696. The second kappa shape index (κ2) is 4.94. The summed E-state index contributed by atoms with van der Waals surface area (Å²) in [6.45, 7) is 4.08. The highest BCUT2D eigenvalue weighted by Gasteiger charge is 2.10. The van der Waals surface area contributed by atoms with E-state index >= 15 is 0 Å². The SMILES string of the molecule is Cc1ccc(-c2ccc(Br)c(C(=O)O)c2)c(C)c1. The van der Waals surface area contributed by atoms with Crippen molar-refractivity contribution in [1.82, 2.24) is 0 Å². The largest absolute Gasteiger partial charge is 0.478 e. The van der Waals surface area contributed by atoms with Gasteiger partial charge in [0.15, 0.2) is 0 Å². The van der Waals surface area contributed by atoms with Crippen LogP contribution in [0.1, 0.15) is 21.5 Å². The zero-order chi connectivity index (χ0) is 13.3. The van der Waals surface area contributed by atoms with E-state index in [2.05, 4.69) is 22.0 Å². The molecule has 2 rings (SSSR count). The van der Waals surface area contributed by atoms with Crippen LogP contribution in [0.3, 0.4) is 0 Å². The number of hydrogen-bond acceptors (Lipinski definition) is 1. The van der Waals surface area contributed by atoms with Gasteiger partial charge in [0.05, 0.1) is 5.56 Å². The lowest BCUT2D eigenvalue weighted by Gasteiger charge is -2.09. The van der Waals surface area contributed by atoms with Gasteiger partial charge in [-0.2, -0.15) is 0 Å². The minimum absolute atomic E-state index is 0.285. The van der Waals surface area contributed by atoms with Gasteiger partial charge in [-0.05, 0) is 58.6 Å². The summed E-state index contributed by atoms with van der Waals surface area (Å²) in [7, 11) is 0. The molecule has 0 bridgehead atoms. The molecule has 0 amide bonds. The maximum absolute atomic E-state index is 11.1. The van der Waals surface area contributed by atoms with E-state index in [1.807, 2.05) is 32.0 Å². The molecule has 0 unspecified atom stereocenters. The van der Waals surface area contributed by atoms with E-state index in [-0.39, 0.29) is 5.56 Å². The number of aryl methyl sites for hydroxylation is 2. The number of halogens is 1. The molecule has 3 heteroatoms. The van der Waals surface area contributed by atoms with Crippen LogP contribution in [0.4, 0.5) is 0 Å². The van der Waals surface area contributed by atoms with E-state index < -0.39 is 5.97 Å². The Morgan fingerprint density at radius 1 is 1.11 bits per heavy atom. The minimum Gasteiger partial charge on any atom is -0.478 e. The number of carboxylic acid groups (broad SMARTS) is 1. The number of hydrogen-bond donors (Lipinski definition) is 1. The Morgan fingerprint density at radius 3 is 2.44 bits per heavy atom. The average Bonchev–Trinajstić information content (AvgIpc) is 2.30. The Morgan fingerprint density at radius 2 is 1.83 bits per heavy atom. The summed E-state index contributed by atoms with van der Waals surface area (Å²) < 4.78 is 0.600. The topological polar surface area (TPSA) is 37.3 Å². The monoisotopic (exact) mass is 304 g/mol. The first-order chi connectivity index (χ1) is 8.49. The van der Waals surface area contributed by atoms with Crippen LogP contribution in [-0.4, -0.2) is 11.1 Å². The van der Waals surface area contributed by atoms with E-state index in [9.17, 15) is 4.79 Å². The molecule has 0 spiro atoms. The second-order valence-electron chi connectivity index (χ2n) is 4.32. The molecule has 0 heterocycles. The second-order valence-corrected chi connectivity index (χ2v) is 5.17. The first kappa shape index (κ1) is 12.8. The molecule has 0 fully saturated rings. The summed E-state index contributed by atoms with van der Waals surface area (Å²) in [4.78, 5) is 11.1. The smallest absolute Gasteiger partial charge is 0.336 e. The van der Waals surface area contributed by atoms with Crippen LogP contribution in [0, 0.1) is 13.8 Å². The van der Waals surface area contributed by atoms with Crippen molar-refractivity contribution in [2.45, 2.75) is 13.8 Å². The van der Waals surface area contributed by atoms with Crippen molar-refractivity contribution < 1.29 is 9.90 Å². The maximum atomic E-state index is 11.1. The van der Waals surface area contributed by atoms with Crippen molar-refractivity contribution in [3.63, 3.8) is 0 Å². The van der Waals surface area contributed by atoms with Gasteiger partial charge in [-0.3, -0.25) is 0 Å². The fourth-order valence-electron chi connectivity index (χ4n) is 1.99. The number of carbonyl (C=O) groups is 1. The highest BCUT2D eigenvalue weighted by Crippen LogP contribution is 2.28. The Hall–Kier alpha value is -1.61. The lowest BCUT2D eigenvalue weighted by atomic mass is 9.97. The van der Waals surface area contributed by atoms with Crippen LogP contribution in [0.5, 0.6) is 0 Å². The van der Waals surface area contributed by atoms with Gasteiger partial charge in [0.2, 0.25) is 0 Å². The standard InChI is InChI=1S/C15H13BrO2/c1-9-3-5-12(10(2)7-9)11-4-6-14(16)13(8-11)15(17)18/h3-8H,1-2H3,(H,17,18). The Labute approximate surface area is 114 Å². The van der Waals surface area contributed by atoms with Gasteiger partial charge in [-0.1, -0.05) is 29.8 Å². The van der Waals surface area contributed by atoms with E-state index in [1.54, 1.807) is 12.1 Å². The summed E-state index contributed by atoms with van der Waals surface area (Å²) in [5, 5.41) is 9.12. The minimum atomic E-state index is -0.923. The predicted molar refractivity (Wildman–Crippen MR) is 76.0 cm³/mol. The number of aromatic carboxylic acids is 1.